The second-order valence-corrected chi connectivity index (χ2v) is 6.90. The molecule has 8 heteroatoms. The lowest BCUT2D eigenvalue weighted by Crippen LogP contribution is -2.44. The minimum absolute atomic E-state index is 0. The third-order valence-electron chi connectivity index (χ3n) is 4.59. The average molecular weight is 400 g/mol. The molecule has 1 aliphatic rings. The highest BCUT2D eigenvalue weighted by atomic mass is 35.5. The Morgan fingerprint density at radius 1 is 1.35 bits per heavy atom. The van der Waals surface area contributed by atoms with E-state index in [1.165, 1.54) is 0 Å². The van der Waals surface area contributed by atoms with E-state index in [0.29, 0.717) is 17.0 Å². The number of benzene rings is 1. The molecule has 2 aromatic rings. The van der Waals surface area contributed by atoms with Crippen LogP contribution in [0.4, 0.5) is 0 Å². The molecule has 0 saturated carbocycles. The molecule has 1 N–H and O–H groups in total. The molecule has 0 spiro atoms. The van der Waals surface area contributed by atoms with E-state index in [1.807, 2.05) is 36.2 Å². The summed E-state index contributed by atoms with van der Waals surface area (Å²) in [7, 11) is 1.88. The van der Waals surface area contributed by atoms with Crippen LogP contribution in [0.5, 0.6) is 0 Å². The summed E-state index contributed by atoms with van der Waals surface area (Å²) >= 11 is 5.90. The van der Waals surface area contributed by atoms with Crippen molar-refractivity contribution in [3.05, 3.63) is 41.2 Å². The van der Waals surface area contributed by atoms with E-state index in [4.69, 9.17) is 21.1 Å². The lowest BCUT2D eigenvalue weighted by Gasteiger charge is -2.35. The topological polar surface area (TPSA) is 69.8 Å². The van der Waals surface area contributed by atoms with Gasteiger partial charge < -0.3 is 9.52 Å². The van der Waals surface area contributed by atoms with Crippen LogP contribution in [0, 0.1) is 0 Å². The smallest absolute Gasteiger partial charge is 0.317 e. The highest BCUT2D eigenvalue weighted by Crippen LogP contribution is 2.22. The summed E-state index contributed by atoms with van der Waals surface area (Å²) in [6.45, 7) is 2.69. The summed E-state index contributed by atoms with van der Waals surface area (Å²) in [6.07, 6.45) is 3.63. The van der Waals surface area contributed by atoms with E-state index < -0.39 is 5.97 Å². The molecular formula is C18H23Cl2N3O3. The van der Waals surface area contributed by atoms with E-state index >= 15 is 0 Å². The number of aliphatic carboxylic acids is 1. The first kappa shape index (κ1) is 20.7. The molecule has 3 rings (SSSR count). The van der Waals surface area contributed by atoms with Gasteiger partial charge in [-0.25, -0.2) is 4.98 Å². The van der Waals surface area contributed by atoms with E-state index in [1.54, 1.807) is 6.26 Å². The maximum absolute atomic E-state index is 10.8. The van der Waals surface area contributed by atoms with Gasteiger partial charge in [0.25, 0.3) is 0 Å². The Bertz CT molecular complexity index is 713. The number of hydrogen-bond acceptors (Lipinski definition) is 5. The van der Waals surface area contributed by atoms with Crippen LogP contribution in [0.25, 0.3) is 11.5 Å². The zero-order valence-electron chi connectivity index (χ0n) is 14.6. The van der Waals surface area contributed by atoms with Crippen molar-refractivity contribution in [3.63, 3.8) is 0 Å². The number of nitrogens with zero attached hydrogens (tertiary/aromatic N) is 3. The molecule has 2 heterocycles. The molecule has 26 heavy (non-hydrogen) atoms. The number of likely N-dealkylation sites (tertiary alicyclic amines) is 1. The Labute approximate surface area is 164 Å². The first-order valence-electron chi connectivity index (χ1n) is 8.36. The van der Waals surface area contributed by atoms with Gasteiger partial charge >= 0.3 is 5.97 Å². The summed E-state index contributed by atoms with van der Waals surface area (Å²) in [5, 5.41) is 9.58. The molecule has 1 saturated heterocycles. The highest BCUT2D eigenvalue weighted by Gasteiger charge is 2.24. The number of halogens is 2. The summed E-state index contributed by atoms with van der Waals surface area (Å²) < 4.78 is 5.58. The molecule has 0 atom stereocenters. The molecule has 1 fully saturated rings. The molecule has 1 aromatic carbocycles. The van der Waals surface area contributed by atoms with Crippen LogP contribution in [0.2, 0.25) is 5.02 Å². The van der Waals surface area contributed by atoms with Crippen molar-refractivity contribution in [1.29, 1.82) is 0 Å². The molecule has 0 amide bonds. The number of carboxylic acid groups (broad SMARTS) is 1. The van der Waals surface area contributed by atoms with Crippen molar-refractivity contribution in [1.82, 2.24) is 14.8 Å². The van der Waals surface area contributed by atoms with E-state index in [9.17, 15) is 4.79 Å². The number of aromatic nitrogens is 1. The third-order valence-corrected chi connectivity index (χ3v) is 4.85. The van der Waals surface area contributed by atoms with Gasteiger partial charge in [-0.05, 0) is 44.2 Å². The molecule has 1 aliphatic heterocycles. The van der Waals surface area contributed by atoms with Gasteiger partial charge in [-0.15, -0.1) is 12.4 Å². The van der Waals surface area contributed by atoms with Crippen LogP contribution in [-0.2, 0) is 11.3 Å². The molecule has 0 aliphatic carbocycles. The number of likely N-dealkylation sites (N-methyl/N-ethyl adjacent to an activating group) is 1. The zero-order valence-corrected chi connectivity index (χ0v) is 16.2. The number of oxazole rings is 1. The van der Waals surface area contributed by atoms with Crippen molar-refractivity contribution in [2.24, 2.45) is 0 Å². The average Bonchev–Trinajstić information content (AvgIpc) is 3.04. The number of rotatable bonds is 6. The van der Waals surface area contributed by atoms with Crippen molar-refractivity contribution in [2.75, 3.05) is 26.7 Å². The zero-order chi connectivity index (χ0) is 17.8. The minimum atomic E-state index is -0.776. The van der Waals surface area contributed by atoms with Gasteiger partial charge in [0.15, 0.2) is 0 Å². The van der Waals surface area contributed by atoms with Crippen LogP contribution >= 0.6 is 24.0 Å². The lowest BCUT2D eigenvalue weighted by atomic mass is 10.0. The Kier molecular flexibility index (Phi) is 7.46. The second-order valence-electron chi connectivity index (χ2n) is 6.47. The Hall–Kier alpha value is -1.60. The molecule has 142 valence electrons. The van der Waals surface area contributed by atoms with Crippen LogP contribution in [-0.4, -0.2) is 58.6 Å². The maximum atomic E-state index is 10.8. The van der Waals surface area contributed by atoms with Gasteiger partial charge in [0.05, 0.1) is 12.2 Å². The molecular weight excluding hydrogens is 377 g/mol. The fraction of sp³-hybridized carbons (Fsp3) is 0.444. The van der Waals surface area contributed by atoms with Crippen LogP contribution < -0.4 is 0 Å². The lowest BCUT2D eigenvalue weighted by molar-refractivity contribution is -0.138. The number of piperidine rings is 1. The van der Waals surface area contributed by atoms with Gasteiger partial charge in [0, 0.05) is 36.3 Å². The van der Waals surface area contributed by atoms with Crippen molar-refractivity contribution in [3.8, 4) is 11.5 Å². The fourth-order valence-electron chi connectivity index (χ4n) is 3.19. The van der Waals surface area contributed by atoms with Crippen LogP contribution in [0.15, 0.2) is 34.9 Å². The van der Waals surface area contributed by atoms with Crippen LogP contribution in [0.3, 0.4) is 0 Å². The van der Waals surface area contributed by atoms with Crippen molar-refractivity contribution in [2.45, 2.75) is 25.4 Å². The first-order valence-corrected chi connectivity index (χ1v) is 8.74. The van der Waals surface area contributed by atoms with E-state index in [0.717, 1.165) is 43.7 Å². The Morgan fingerprint density at radius 2 is 2.00 bits per heavy atom. The molecule has 0 radical (unpaired) electrons. The molecule has 6 nitrogen and oxygen atoms in total. The standard InChI is InChI=1S/C18H22ClN3O3.ClH/c1-21(11-17(23)24)16-6-8-22(9-7-16)10-15-12-25-18(20-15)13-2-4-14(19)5-3-13;/h2-5,12,16H,6-11H2,1H3,(H,23,24);1H. The van der Waals surface area contributed by atoms with Gasteiger partial charge in [0.2, 0.25) is 5.89 Å². The second kappa shape index (κ2) is 9.37. The summed E-state index contributed by atoms with van der Waals surface area (Å²) in [6, 6.07) is 7.75. The molecule has 0 bridgehead atoms. The van der Waals surface area contributed by atoms with Crippen molar-refractivity contribution < 1.29 is 14.3 Å². The predicted molar refractivity (Wildman–Crippen MR) is 103 cm³/mol. The van der Waals surface area contributed by atoms with Crippen LogP contribution in [0.1, 0.15) is 18.5 Å². The fourth-order valence-corrected chi connectivity index (χ4v) is 3.32. The quantitative estimate of drug-likeness (QED) is 0.802. The maximum Gasteiger partial charge on any atom is 0.317 e. The monoisotopic (exact) mass is 399 g/mol. The van der Waals surface area contributed by atoms with Gasteiger partial charge in [-0.1, -0.05) is 11.6 Å². The minimum Gasteiger partial charge on any atom is -0.480 e. The number of hydrogen-bond donors (Lipinski definition) is 1. The normalized spacial score (nSPS) is 15.8. The third kappa shape index (κ3) is 5.45. The molecule has 0 unspecified atom stereocenters. The predicted octanol–water partition coefficient (Wildman–Crippen LogP) is 3.40. The first-order chi connectivity index (χ1) is 12.0. The largest absolute Gasteiger partial charge is 0.480 e. The van der Waals surface area contributed by atoms with Gasteiger partial charge in [0.1, 0.15) is 6.26 Å². The summed E-state index contributed by atoms with van der Waals surface area (Å²) in [5.41, 5.74) is 1.81. The molecule has 1 aromatic heterocycles. The van der Waals surface area contributed by atoms with Gasteiger partial charge in [-0.3, -0.25) is 14.6 Å². The summed E-state index contributed by atoms with van der Waals surface area (Å²) in [5.74, 6) is -0.176. The number of carbonyl (C=O) groups is 1. The Balaban J connectivity index is 0.00000243. The SMILES string of the molecule is CN(CC(=O)O)C1CCN(Cc2coc(-c3ccc(Cl)cc3)n2)CC1.Cl. The number of carboxylic acids is 1. The van der Waals surface area contributed by atoms with E-state index in [2.05, 4.69) is 9.88 Å². The highest BCUT2D eigenvalue weighted by molar-refractivity contribution is 6.30. The van der Waals surface area contributed by atoms with E-state index in [-0.39, 0.29) is 19.0 Å². The summed E-state index contributed by atoms with van der Waals surface area (Å²) in [4.78, 5) is 19.6. The van der Waals surface area contributed by atoms with Gasteiger partial charge in [-0.2, -0.15) is 0 Å². The van der Waals surface area contributed by atoms with Crippen molar-refractivity contribution >= 4 is 30.0 Å². The Morgan fingerprint density at radius 3 is 2.62 bits per heavy atom.